The number of carbonyl (C=O) groups excluding carboxylic acids is 1. The van der Waals surface area contributed by atoms with Gasteiger partial charge in [-0.05, 0) is 31.7 Å². The topological polar surface area (TPSA) is 66.5 Å². The van der Waals surface area contributed by atoms with Gasteiger partial charge in [0.25, 0.3) is 15.9 Å². The molecule has 1 aliphatic rings. The van der Waals surface area contributed by atoms with Crippen molar-refractivity contribution in [1.82, 2.24) is 9.39 Å². The lowest BCUT2D eigenvalue weighted by Gasteiger charge is -2.18. The first-order valence-electron chi connectivity index (χ1n) is 7.93. The molecule has 1 aromatic rings. The standard InChI is InChI=1S/C15H20F3N2O3PS/c1-2-3-5-9-10(16)8-12(14(18)13(9)17)25(22,23)19-15(21)11-6-4-7-20(11)24/h8,11H,2-7,24H2,1H3,(H,19,21). The number of benzene rings is 1. The number of rotatable bonds is 6. The molecule has 1 N–H and O–H groups in total. The number of halogens is 3. The van der Waals surface area contributed by atoms with E-state index in [2.05, 4.69) is 9.39 Å². The van der Waals surface area contributed by atoms with Crippen molar-refractivity contribution in [1.29, 1.82) is 0 Å². The van der Waals surface area contributed by atoms with Gasteiger partial charge in [0, 0.05) is 12.1 Å². The molecule has 0 aliphatic carbocycles. The predicted octanol–water partition coefficient (Wildman–Crippen LogP) is 2.51. The van der Waals surface area contributed by atoms with E-state index in [-0.39, 0.29) is 6.42 Å². The highest BCUT2D eigenvalue weighted by Crippen LogP contribution is 2.26. The summed E-state index contributed by atoms with van der Waals surface area (Å²) in [5.74, 6) is -5.21. The lowest BCUT2D eigenvalue weighted by molar-refractivity contribution is -0.122. The lowest BCUT2D eigenvalue weighted by atomic mass is 10.1. The third-order valence-corrected chi connectivity index (χ3v) is 6.09. The minimum Gasteiger partial charge on any atom is -0.275 e. The zero-order chi connectivity index (χ0) is 18.8. The van der Waals surface area contributed by atoms with Crippen molar-refractivity contribution < 1.29 is 26.4 Å². The van der Waals surface area contributed by atoms with Gasteiger partial charge < -0.3 is 0 Å². The molecule has 0 saturated carbocycles. The molecule has 0 spiro atoms. The van der Waals surface area contributed by atoms with E-state index in [1.165, 1.54) is 0 Å². The van der Waals surface area contributed by atoms with Gasteiger partial charge in [-0.3, -0.25) is 9.46 Å². The van der Waals surface area contributed by atoms with Crippen LogP contribution in [0.1, 0.15) is 38.2 Å². The average Bonchev–Trinajstić information content (AvgIpc) is 2.96. The van der Waals surface area contributed by atoms with Crippen LogP contribution in [-0.4, -0.2) is 31.6 Å². The van der Waals surface area contributed by atoms with E-state index >= 15 is 0 Å². The molecule has 2 rings (SSSR count). The monoisotopic (exact) mass is 396 g/mol. The summed E-state index contributed by atoms with van der Waals surface area (Å²) >= 11 is 0. The van der Waals surface area contributed by atoms with Gasteiger partial charge >= 0.3 is 0 Å². The number of nitrogens with zero attached hydrogens (tertiary/aromatic N) is 1. The maximum absolute atomic E-state index is 14.2. The maximum Gasteiger partial charge on any atom is 0.267 e. The highest BCUT2D eigenvalue weighted by atomic mass is 32.2. The molecule has 25 heavy (non-hydrogen) atoms. The molecule has 1 heterocycles. The second-order valence-electron chi connectivity index (χ2n) is 5.93. The first kappa shape index (κ1) is 20.1. The van der Waals surface area contributed by atoms with Crippen molar-refractivity contribution in [2.45, 2.75) is 50.0 Å². The van der Waals surface area contributed by atoms with E-state index in [1.54, 1.807) is 16.3 Å². The molecule has 2 atom stereocenters. The molecule has 1 aromatic carbocycles. The Kier molecular flexibility index (Phi) is 6.45. The van der Waals surface area contributed by atoms with Gasteiger partial charge in [0.15, 0.2) is 11.6 Å². The van der Waals surface area contributed by atoms with Crippen molar-refractivity contribution in [3.63, 3.8) is 0 Å². The lowest BCUT2D eigenvalue weighted by Crippen LogP contribution is -2.42. The summed E-state index contributed by atoms with van der Waals surface area (Å²) in [6.45, 7) is 2.39. The molecular formula is C15H20F3N2O3PS. The fourth-order valence-corrected chi connectivity index (χ4v) is 4.28. The van der Waals surface area contributed by atoms with E-state index < -0.39 is 49.9 Å². The van der Waals surface area contributed by atoms with Crippen LogP contribution in [0.4, 0.5) is 13.2 Å². The third-order valence-electron chi connectivity index (χ3n) is 4.12. The molecule has 1 fully saturated rings. The van der Waals surface area contributed by atoms with E-state index in [1.807, 2.05) is 0 Å². The minimum absolute atomic E-state index is 0.0398. The van der Waals surface area contributed by atoms with Crippen molar-refractivity contribution >= 4 is 25.3 Å². The number of hydrogen-bond donors (Lipinski definition) is 1. The Morgan fingerprint density at radius 1 is 1.36 bits per heavy atom. The van der Waals surface area contributed by atoms with Crippen molar-refractivity contribution in [2.75, 3.05) is 6.54 Å². The van der Waals surface area contributed by atoms with Crippen LogP contribution in [0.25, 0.3) is 0 Å². The first-order valence-corrected chi connectivity index (χ1v) is 9.93. The van der Waals surface area contributed by atoms with Crippen LogP contribution in [0.5, 0.6) is 0 Å². The molecule has 10 heteroatoms. The zero-order valence-electron chi connectivity index (χ0n) is 13.7. The summed E-state index contributed by atoms with van der Waals surface area (Å²) in [5.41, 5.74) is -0.489. The SMILES string of the molecule is CCCCc1c(F)cc(S(=O)(=O)NC(=O)C2CCCN2P)c(F)c1F. The summed E-state index contributed by atoms with van der Waals surface area (Å²) < 4.78 is 70.0. The van der Waals surface area contributed by atoms with Gasteiger partial charge in [-0.2, -0.15) is 0 Å². The second-order valence-corrected chi connectivity index (χ2v) is 8.25. The van der Waals surface area contributed by atoms with Crippen LogP contribution < -0.4 is 4.72 Å². The first-order chi connectivity index (χ1) is 11.7. The summed E-state index contributed by atoms with van der Waals surface area (Å²) in [7, 11) is -2.41. The Balaban J connectivity index is 2.31. The van der Waals surface area contributed by atoms with Gasteiger partial charge in [-0.25, -0.2) is 26.3 Å². The van der Waals surface area contributed by atoms with Gasteiger partial charge in [0.2, 0.25) is 0 Å². The van der Waals surface area contributed by atoms with Crippen LogP contribution in [0.2, 0.25) is 0 Å². The third kappa shape index (κ3) is 4.33. The Morgan fingerprint density at radius 2 is 2.04 bits per heavy atom. The molecule has 0 bridgehead atoms. The summed E-state index contributed by atoms with van der Waals surface area (Å²) in [6.07, 6.45) is 2.17. The molecule has 140 valence electrons. The minimum atomic E-state index is -4.72. The second kappa shape index (κ2) is 8.01. The Hall–Kier alpha value is -1.18. The van der Waals surface area contributed by atoms with E-state index in [9.17, 15) is 26.4 Å². The fourth-order valence-electron chi connectivity index (χ4n) is 2.72. The van der Waals surface area contributed by atoms with Crippen LogP contribution in [-0.2, 0) is 21.2 Å². The maximum atomic E-state index is 14.2. The Bertz CT molecular complexity index is 774. The summed E-state index contributed by atoms with van der Waals surface area (Å²) in [5, 5.41) is 0. The Morgan fingerprint density at radius 3 is 2.60 bits per heavy atom. The van der Waals surface area contributed by atoms with Crippen LogP contribution in [0, 0.1) is 17.5 Å². The fraction of sp³-hybridized carbons (Fsp3) is 0.533. The van der Waals surface area contributed by atoms with Crippen molar-refractivity contribution in [2.24, 2.45) is 0 Å². The van der Waals surface area contributed by atoms with E-state index in [0.717, 1.165) is 0 Å². The molecule has 1 aliphatic heterocycles. The van der Waals surface area contributed by atoms with E-state index in [4.69, 9.17) is 0 Å². The number of amides is 1. The molecule has 5 nitrogen and oxygen atoms in total. The molecule has 1 amide bonds. The van der Waals surface area contributed by atoms with Gasteiger partial charge in [-0.1, -0.05) is 22.7 Å². The highest BCUT2D eigenvalue weighted by molar-refractivity contribution is 7.90. The number of sulfonamides is 1. The normalized spacial score (nSPS) is 18.5. The largest absolute Gasteiger partial charge is 0.275 e. The van der Waals surface area contributed by atoms with Crippen LogP contribution in [0.3, 0.4) is 0 Å². The smallest absolute Gasteiger partial charge is 0.267 e. The quantitative estimate of drug-likeness (QED) is 0.593. The number of nitrogens with one attached hydrogen (secondary N) is 1. The number of carbonyl (C=O) groups is 1. The van der Waals surface area contributed by atoms with Crippen LogP contribution >= 0.6 is 9.39 Å². The van der Waals surface area contributed by atoms with Crippen LogP contribution in [0.15, 0.2) is 11.0 Å². The average molecular weight is 396 g/mol. The van der Waals surface area contributed by atoms with Gasteiger partial charge in [0.1, 0.15) is 10.7 Å². The Labute approximate surface area is 147 Å². The van der Waals surface area contributed by atoms with Gasteiger partial charge in [0.05, 0.1) is 6.04 Å². The van der Waals surface area contributed by atoms with Crippen molar-refractivity contribution in [3.8, 4) is 0 Å². The summed E-state index contributed by atoms with van der Waals surface area (Å²) in [6, 6.07) is -0.284. The van der Waals surface area contributed by atoms with Gasteiger partial charge in [-0.15, -0.1) is 0 Å². The molecule has 2 unspecified atom stereocenters. The van der Waals surface area contributed by atoms with Crippen molar-refractivity contribution in [3.05, 3.63) is 29.1 Å². The number of hydrogen-bond acceptors (Lipinski definition) is 4. The molecule has 1 saturated heterocycles. The van der Waals surface area contributed by atoms with E-state index in [0.29, 0.717) is 38.3 Å². The summed E-state index contributed by atoms with van der Waals surface area (Å²) in [4.78, 5) is 10.9. The number of unbranched alkanes of at least 4 members (excludes halogenated alkanes) is 1. The molecule has 0 aromatic heterocycles. The predicted molar refractivity (Wildman–Crippen MR) is 89.7 cm³/mol. The molecular weight excluding hydrogens is 376 g/mol. The highest BCUT2D eigenvalue weighted by Gasteiger charge is 2.33. The molecule has 0 radical (unpaired) electrons. The zero-order valence-corrected chi connectivity index (χ0v) is 15.7.